The molecular weight excluding hydrogens is 368 g/mol. The summed E-state index contributed by atoms with van der Waals surface area (Å²) in [5.41, 5.74) is 3.01. The number of carbonyl (C=O) groups excluding carboxylic acids is 1. The number of benzene rings is 2. The monoisotopic (exact) mass is 388 g/mol. The van der Waals surface area contributed by atoms with Gasteiger partial charge < -0.3 is 4.90 Å². The molecule has 2 aromatic carbocycles. The van der Waals surface area contributed by atoms with E-state index in [0.29, 0.717) is 18.8 Å². The van der Waals surface area contributed by atoms with Crippen LogP contribution in [0.5, 0.6) is 0 Å². The highest BCUT2D eigenvalue weighted by molar-refractivity contribution is 7.99. The highest BCUT2D eigenvalue weighted by Crippen LogP contribution is 2.19. The van der Waals surface area contributed by atoms with Gasteiger partial charge in [0.05, 0.1) is 5.75 Å². The molecule has 0 bridgehead atoms. The van der Waals surface area contributed by atoms with Crippen LogP contribution in [0.15, 0.2) is 90.2 Å². The SMILES string of the molecule is O=C(CSc1nnc2ccccn12)N(Cc1ccccc1)Cc1ccccc1. The smallest absolute Gasteiger partial charge is 0.233 e. The Morgan fingerprint density at radius 3 is 2.07 bits per heavy atom. The van der Waals surface area contributed by atoms with E-state index in [1.807, 2.05) is 94.4 Å². The van der Waals surface area contributed by atoms with Gasteiger partial charge in [-0.2, -0.15) is 0 Å². The number of thioether (sulfide) groups is 1. The summed E-state index contributed by atoms with van der Waals surface area (Å²) < 4.78 is 1.90. The lowest BCUT2D eigenvalue weighted by Gasteiger charge is -2.23. The molecule has 2 aromatic heterocycles. The van der Waals surface area contributed by atoms with Crippen molar-refractivity contribution in [2.24, 2.45) is 0 Å². The molecule has 0 saturated heterocycles. The number of hydrogen-bond acceptors (Lipinski definition) is 4. The van der Waals surface area contributed by atoms with Crippen LogP contribution in [-0.2, 0) is 17.9 Å². The molecule has 0 N–H and O–H groups in total. The van der Waals surface area contributed by atoms with E-state index in [1.165, 1.54) is 11.8 Å². The molecule has 0 aliphatic rings. The maximum absolute atomic E-state index is 13.0. The molecule has 1 amide bonds. The Labute approximate surface area is 168 Å². The van der Waals surface area contributed by atoms with Gasteiger partial charge in [0, 0.05) is 19.3 Å². The predicted octanol–water partition coefficient (Wildman–Crippen LogP) is 4.05. The van der Waals surface area contributed by atoms with Crippen LogP contribution in [0, 0.1) is 0 Å². The maximum Gasteiger partial charge on any atom is 0.233 e. The quantitative estimate of drug-likeness (QED) is 0.448. The van der Waals surface area contributed by atoms with Gasteiger partial charge in [-0.1, -0.05) is 78.5 Å². The van der Waals surface area contributed by atoms with E-state index in [-0.39, 0.29) is 5.91 Å². The van der Waals surface area contributed by atoms with Crippen LogP contribution in [0.25, 0.3) is 5.65 Å². The van der Waals surface area contributed by atoms with Gasteiger partial charge >= 0.3 is 0 Å². The van der Waals surface area contributed by atoms with Crippen molar-refractivity contribution in [1.82, 2.24) is 19.5 Å². The van der Waals surface area contributed by atoms with Crippen molar-refractivity contribution in [3.63, 3.8) is 0 Å². The zero-order chi connectivity index (χ0) is 19.2. The number of amides is 1. The Kier molecular flexibility index (Phi) is 5.68. The Morgan fingerprint density at radius 2 is 1.43 bits per heavy atom. The lowest BCUT2D eigenvalue weighted by Crippen LogP contribution is -2.31. The number of nitrogens with zero attached hydrogens (tertiary/aromatic N) is 4. The van der Waals surface area contributed by atoms with Crippen LogP contribution in [0.4, 0.5) is 0 Å². The van der Waals surface area contributed by atoms with E-state index in [1.54, 1.807) is 0 Å². The summed E-state index contributed by atoms with van der Waals surface area (Å²) in [5, 5.41) is 9.07. The number of aromatic nitrogens is 3. The summed E-state index contributed by atoms with van der Waals surface area (Å²) in [7, 11) is 0. The van der Waals surface area contributed by atoms with E-state index in [4.69, 9.17) is 0 Å². The van der Waals surface area contributed by atoms with Gasteiger partial charge in [-0.25, -0.2) is 0 Å². The summed E-state index contributed by atoms with van der Waals surface area (Å²) in [6, 6.07) is 25.9. The second kappa shape index (κ2) is 8.71. The summed E-state index contributed by atoms with van der Waals surface area (Å²) in [4.78, 5) is 14.9. The van der Waals surface area contributed by atoms with Crippen molar-refractivity contribution >= 4 is 23.3 Å². The van der Waals surface area contributed by atoms with E-state index in [2.05, 4.69) is 10.2 Å². The average molecular weight is 388 g/mol. The summed E-state index contributed by atoms with van der Waals surface area (Å²) in [6.07, 6.45) is 1.91. The zero-order valence-electron chi connectivity index (χ0n) is 15.3. The van der Waals surface area contributed by atoms with Crippen molar-refractivity contribution in [2.45, 2.75) is 18.2 Å². The largest absolute Gasteiger partial charge is 0.333 e. The molecule has 0 fully saturated rings. The standard InChI is InChI=1S/C22H20N4OS/c27-21(17-28-22-24-23-20-13-7-8-14-26(20)22)25(15-18-9-3-1-4-10-18)16-19-11-5-2-6-12-19/h1-14H,15-17H2. The molecule has 6 heteroatoms. The van der Waals surface area contributed by atoms with Gasteiger partial charge in [-0.15, -0.1) is 10.2 Å². The molecule has 0 atom stereocenters. The molecule has 2 heterocycles. The first-order chi connectivity index (χ1) is 13.8. The van der Waals surface area contributed by atoms with Crippen molar-refractivity contribution < 1.29 is 4.79 Å². The molecule has 0 radical (unpaired) electrons. The highest BCUT2D eigenvalue weighted by atomic mass is 32.2. The van der Waals surface area contributed by atoms with Gasteiger partial charge in [-0.3, -0.25) is 9.20 Å². The number of hydrogen-bond donors (Lipinski definition) is 0. The second-order valence-electron chi connectivity index (χ2n) is 6.42. The van der Waals surface area contributed by atoms with Gasteiger partial charge in [0.15, 0.2) is 10.8 Å². The minimum Gasteiger partial charge on any atom is -0.333 e. The molecular formula is C22H20N4OS. The Morgan fingerprint density at radius 1 is 0.821 bits per heavy atom. The first-order valence-corrected chi connectivity index (χ1v) is 10.1. The van der Waals surface area contributed by atoms with Crippen molar-refractivity contribution in [2.75, 3.05) is 5.75 Å². The van der Waals surface area contributed by atoms with E-state index < -0.39 is 0 Å². The molecule has 0 aliphatic carbocycles. The lowest BCUT2D eigenvalue weighted by atomic mass is 10.1. The fourth-order valence-corrected chi connectivity index (χ4v) is 3.80. The van der Waals surface area contributed by atoms with Crippen LogP contribution >= 0.6 is 11.8 Å². The number of pyridine rings is 1. The Bertz CT molecular complexity index is 1010. The molecule has 28 heavy (non-hydrogen) atoms. The number of rotatable bonds is 7. The normalized spacial score (nSPS) is 10.9. The average Bonchev–Trinajstić information content (AvgIpc) is 3.16. The Hall–Kier alpha value is -3.12. The summed E-state index contributed by atoms with van der Waals surface area (Å²) in [6.45, 7) is 1.16. The molecule has 140 valence electrons. The topological polar surface area (TPSA) is 50.5 Å². The number of fused-ring (bicyclic) bond motifs is 1. The van der Waals surface area contributed by atoms with Gasteiger partial charge in [0.2, 0.25) is 5.91 Å². The number of carbonyl (C=O) groups is 1. The van der Waals surface area contributed by atoms with Gasteiger partial charge in [-0.05, 0) is 23.3 Å². The third-order valence-corrected chi connectivity index (χ3v) is 5.32. The van der Waals surface area contributed by atoms with Gasteiger partial charge in [0.1, 0.15) is 0 Å². The first-order valence-electron chi connectivity index (χ1n) is 9.08. The van der Waals surface area contributed by atoms with E-state index >= 15 is 0 Å². The minimum atomic E-state index is 0.0744. The first kappa shape index (κ1) is 18.3. The van der Waals surface area contributed by atoms with E-state index in [0.717, 1.165) is 21.9 Å². The molecule has 0 unspecified atom stereocenters. The van der Waals surface area contributed by atoms with Crippen LogP contribution in [0.2, 0.25) is 0 Å². The fourth-order valence-electron chi connectivity index (χ4n) is 2.98. The maximum atomic E-state index is 13.0. The molecule has 0 spiro atoms. The second-order valence-corrected chi connectivity index (χ2v) is 7.36. The third-order valence-electron chi connectivity index (χ3n) is 4.39. The summed E-state index contributed by atoms with van der Waals surface area (Å²) >= 11 is 1.41. The van der Waals surface area contributed by atoms with Crippen molar-refractivity contribution in [1.29, 1.82) is 0 Å². The minimum absolute atomic E-state index is 0.0744. The fraction of sp³-hybridized carbons (Fsp3) is 0.136. The highest BCUT2D eigenvalue weighted by Gasteiger charge is 2.16. The lowest BCUT2D eigenvalue weighted by molar-refractivity contribution is -0.129. The molecule has 4 rings (SSSR count). The van der Waals surface area contributed by atoms with Crippen LogP contribution in [0.1, 0.15) is 11.1 Å². The molecule has 5 nitrogen and oxygen atoms in total. The predicted molar refractivity (Wildman–Crippen MR) is 111 cm³/mol. The van der Waals surface area contributed by atoms with Crippen molar-refractivity contribution in [3.8, 4) is 0 Å². The van der Waals surface area contributed by atoms with Crippen LogP contribution < -0.4 is 0 Å². The molecule has 0 saturated carbocycles. The molecule has 0 aliphatic heterocycles. The van der Waals surface area contributed by atoms with Crippen LogP contribution in [0.3, 0.4) is 0 Å². The van der Waals surface area contributed by atoms with Gasteiger partial charge in [0.25, 0.3) is 0 Å². The van der Waals surface area contributed by atoms with E-state index in [9.17, 15) is 4.79 Å². The van der Waals surface area contributed by atoms with Crippen molar-refractivity contribution in [3.05, 3.63) is 96.2 Å². The van der Waals surface area contributed by atoms with Crippen LogP contribution in [-0.4, -0.2) is 31.2 Å². The third kappa shape index (κ3) is 4.40. The summed E-state index contributed by atoms with van der Waals surface area (Å²) in [5.74, 6) is 0.389. The molecule has 4 aromatic rings. The Balaban J connectivity index is 1.48. The zero-order valence-corrected chi connectivity index (χ0v) is 16.1.